The number of carbonyl (C=O) groups is 1. The molecular weight excluding hydrogens is 316 g/mol. The van der Waals surface area contributed by atoms with Gasteiger partial charge in [0.15, 0.2) is 11.5 Å². The van der Waals surface area contributed by atoms with Crippen LogP contribution in [0.15, 0.2) is 12.1 Å². The molecule has 2 aliphatic rings. The summed E-state index contributed by atoms with van der Waals surface area (Å²) in [5, 5.41) is 0. The van der Waals surface area contributed by atoms with Gasteiger partial charge in [-0.15, -0.1) is 0 Å². The van der Waals surface area contributed by atoms with Gasteiger partial charge < -0.3 is 14.4 Å². The number of methoxy groups -OCH3 is 2. The summed E-state index contributed by atoms with van der Waals surface area (Å²) in [4.78, 5) is 16.7. The monoisotopic (exact) mass is 346 g/mol. The maximum Gasteiger partial charge on any atom is 0.222 e. The van der Waals surface area contributed by atoms with E-state index in [1.165, 1.54) is 17.5 Å². The van der Waals surface area contributed by atoms with E-state index in [0.29, 0.717) is 18.5 Å². The van der Waals surface area contributed by atoms with Gasteiger partial charge in [-0.3, -0.25) is 9.69 Å². The van der Waals surface area contributed by atoms with Crippen molar-refractivity contribution in [2.45, 2.75) is 51.6 Å². The van der Waals surface area contributed by atoms with Gasteiger partial charge in [-0.2, -0.15) is 0 Å². The number of piperidine rings is 1. The third-order valence-electron chi connectivity index (χ3n) is 5.75. The quantitative estimate of drug-likeness (QED) is 0.840. The van der Waals surface area contributed by atoms with Crippen LogP contribution in [0, 0.1) is 0 Å². The molecule has 0 unspecified atom stereocenters. The SMILES string of the molecule is CCC(=O)N1CCC[C@@H](N2CCc3cc(OC)c(OC)cc3[C@H]2C)C1. The highest BCUT2D eigenvalue weighted by molar-refractivity contribution is 5.75. The zero-order valence-electron chi connectivity index (χ0n) is 15.9. The van der Waals surface area contributed by atoms with Crippen molar-refractivity contribution in [3.8, 4) is 11.5 Å². The number of ether oxygens (including phenoxy) is 2. The van der Waals surface area contributed by atoms with Gasteiger partial charge in [-0.25, -0.2) is 0 Å². The van der Waals surface area contributed by atoms with Crippen LogP contribution in [0.4, 0.5) is 0 Å². The largest absolute Gasteiger partial charge is 0.493 e. The lowest BCUT2D eigenvalue weighted by Gasteiger charge is -2.45. The second kappa shape index (κ2) is 7.65. The van der Waals surface area contributed by atoms with Gasteiger partial charge in [-0.05, 0) is 49.4 Å². The highest BCUT2D eigenvalue weighted by atomic mass is 16.5. The van der Waals surface area contributed by atoms with Gasteiger partial charge >= 0.3 is 0 Å². The zero-order valence-corrected chi connectivity index (χ0v) is 15.9. The molecule has 0 aliphatic carbocycles. The molecule has 0 radical (unpaired) electrons. The van der Waals surface area contributed by atoms with Crippen LogP contribution in [0.2, 0.25) is 0 Å². The maximum atomic E-state index is 12.1. The highest BCUT2D eigenvalue weighted by Gasteiger charge is 2.33. The van der Waals surface area contributed by atoms with E-state index in [4.69, 9.17) is 9.47 Å². The number of rotatable bonds is 4. The van der Waals surface area contributed by atoms with E-state index in [2.05, 4.69) is 24.0 Å². The molecule has 0 N–H and O–H groups in total. The summed E-state index contributed by atoms with van der Waals surface area (Å²) in [5.41, 5.74) is 2.67. The first-order valence-electron chi connectivity index (χ1n) is 9.37. The first-order chi connectivity index (χ1) is 12.1. The molecule has 1 aromatic carbocycles. The summed E-state index contributed by atoms with van der Waals surface area (Å²) >= 11 is 0. The van der Waals surface area contributed by atoms with Crippen LogP contribution in [0.3, 0.4) is 0 Å². The molecule has 1 saturated heterocycles. The standard InChI is InChI=1S/C20H30N2O3/c1-5-20(23)21-9-6-7-16(13-21)22-10-8-15-11-18(24-3)19(25-4)12-17(15)14(22)2/h11-12,14,16H,5-10,13H2,1-4H3/t14-,16-/m1/s1. The van der Waals surface area contributed by atoms with Gasteiger partial charge in [0.1, 0.15) is 0 Å². The van der Waals surface area contributed by atoms with E-state index in [9.17, 15) is 4.79 Å². The van der Waals surface area contributed by atoms with Crippen molar-refractivity contribution >= 4 is 5.91 Å². The molecule has 5 heteroatoms. The molecule has 2 heterocycles. The van der Waals surface area contributed by atoms with Crippen molar-refractivity contribution in [1.29, 1.82) is 0 Å². The van der Waals surface area contributed by atoms with Crippen molar-refractivity contribution in [3.63, 3.8) is 0 Å². The van der Waals surface area contributed by atoms with Crippen molar-refractivity contribution in [2.24, 2.45) is 0 Å². The fourth-order valence-electron chi connectivity index (χ4n) is 4.34. The minimum atomic E-state index is 0.279. The normalized spacial score (nSPS) is 23.9. The van der Waals surface area contributed by atoms with Crippen LogP contribution in [0.5, 0.6) is 11.5 Å². The lowest BCUT2D eigenvalue weighted by Crippen LogP contribution is -2.51. The number of fused-ring (bicyclic) bond motifs is 1. The Morgan fingerprint density at radius 3 is 2.60 bits per heavy atom. The molecule has 0 aromatic heterocycles. The summed E-state index contributed by atoms with van der Waals surface area (Å²) in [6.45, 7) is 7.02. The van der Waals surface area contributed by atoms with E-state index < -0.39 is 0 Å². The smallest absolute Gasteiger partial charge is 0.222 e. The molecule has 3 rings (SSSR count). The van der Waals surface area contributed by atoms with E-state index in [1.807, 2.05) is 11.8 Å². The Labute approximate surface area is 150 Å². The Morgan fingerprint density at radius 1 is 1.20 bits per heavy atom. The molecule has 5 nitrogen and oxygen atoms in total. The summed E-state index contributed by atoms with van der Waals surface area (Å²) in [5.74, 6) is 1.88. The molecule has 2 atom stereocenters. The van der Waals surface area contributed by atoms with Crippen molar-refractivity contribution in [1.82, 2.24) is 9.80 Å². The Hall–Kier alpha value is -1.75. The van der Waals surface area contributed by atoms with Gasteiger partial charge in [0, 0.05) is 38.1 Å². The van der Waals surface area contributed by atoms with E-state index >= 15 is 0 Å². The second-order valence-corrected chi connectivity index (χ2v) is 7.06. The lowest BCUT2D eigenvalue weighted by atomic mass is 9.90. The molecule has 2 aliphatic heterocycles. The topological polar surface area (TPSA) is 42.0 Å². The van der Waals surface area contributed by atoms with E-state index in [1.54, 1.807) is 14.2 Å². The Morgan fingerprint density at radius 2 is 1.92 bits per heavy atom. The third kappa shape index (κ3) is 3.47. The van der Waals surface area contributed by atoms with E-state index in [0.717, 1.165) is 44.0 Å². The predicted octanol–water partition coefficient (Wildman–Crippen LogP) is 3.02. The molecule has 1 amide bonds. The molecule has 0 spiro atoms. The second-order valence-electron chi connectivity index (χ2n) is 7.06. The minimum Gasteiger partial charge on any atom is -0.493 e. The van der Waals surface area contributed by atoms with Crippen molar-refractivity contribution in [3.05, 3.63) is 23.3 Å². The number of amides is 1. The number of carbonyl (C=O) groups excluding carboxylic acids is 1. The molecule has 1 fully saturated rings. The average Bonchev–Trinajstić information content (AvgIpc) is 2.66. The summed E-state index contributed by atoms with van der Waals surface area (Å²) in [6, 6.07) is 5.02. The first-order valence-corrected chi connectivity index (χ1v) is 9.37. The first kappa shape index (κ1) is 18.1. The van der Waals surface area contributed by atoms with Gasteiger partial charge in [0.05, 0.1) is 14.2 Å². The van der Waals surface area contributed by atoms with Crippen LogP contribution in [-0.4, -0.2) is 55.6 Å². The molecule has 0 bridgehead atoms. The van der Waals surface area contributed by atoms with Crippen LogP contribution < -0.4 is 9.47 Å². The molecule has 0 saturated carbocycles. The van der Waals surface area contributed by atoms with Crippen LogP contribution >= 0.6 is 0 Å². The fraction of sp³-hybridized carbons (Fsp3) is 0.650. The van der Waals surface area contributed by atoms with Gasteiger partial charge in [0.2, 0.25) is 5.91 Å². The zero-order chi connectivity index (χ0) is 18.0. The summed E-state index contributed by atoms with van der Waals surface area (Å²) in [6.07, 6.45) is 3.87. The summed E-state index contributed by atoms with van der Waals surface area (Å²) in [7, 11) is 3.37. The third-order valence-corrected chi connectivity index (χ3v) is 5.75. The fourth-order valence-corrected chi connectivity index (χ4v) is 4.34. The van der Waals surface area contributed by atoms with Crippen LogP contribution in [0.25, 0.3) is 0 Å². The van der Waals surface area contributed by atoms with Crippen LogP contribution in [-0.2, 0) is 11.2 Å². The van der Waals surface area contributed by atoms with E-state index in [-0.39, 0.29) is 5.91 Å². The number of hydrogen-bond donors (Lipinski definition) is 0. The predicted molar refractivity (Wildman–Crippen MR) is 98.3 cm³/mol. The Balaban J connectivity index is 1.81. The number of likely N-dealkylation sites (tertiary alicyclic amines) is 1. The molecule has 138 valence electrons. The molecule has 1 aromatic rings. The lowest BCUT2D eigenvalue weighted by molar-refractivity contribution is -0.133. The number of benzene rings is 1. The molecular formula is C20H30N2O3. The maximum absolute atomic E-state index is 12.1. The van der Waals surface area contributed by atoms with Crippen molar-refractivity contribution in [2.75, 3.05) is 33.9 Å². The van der Waals surface area contributed by atoms with Crippen LogP contribution in [0.1, 0.15) is 50.3 Å². The minimum absolute atomic E-state index is 0.279. The number of nitrogens with zero attached hydrogens (tertiary/aromatic N) is 2. The van der Waals surface area contributed by atoms with Gasteiger partial charge in [-0.1, -0.05) is 6.92 Å². The Bertz CT molecular complexity index is 632. The average molecular weight is 346 g/mol. The molecule has 25 heavy (non-hydrogen) atoms. The number of hydrogen-bond acceptors (Lipinski definition) is 4. The summed E-state index contributed by atoms with van der Waals surface area (Å²) < 4.78 is 10.9. The van der Waals surface area contributed by atoms with Crippen molar-refractivity contribution < 1.29 is 14.3 Å². The Kier molecular flexibility index (Phi) is 5.52. The van der Waals surface area contributed by atoms with Gasteiger partial charge in [0.25, 0.3) is 0 Å². The highest BCUT2D eigenvalue weighted by Crippen LogP contribution is 2.39.